The number of rotatable bonds is 4. The lowest BCUT2D eigenvalue weighted by molar-refractivity contribution is 0.0697. The van der Waals surface area contributed by atoms with Gasteiger partial charge in [0, 0.05) is 19.3 Å². The van der Waals surface area contributed by atoms with Crippen LogP contribution < -0.4 is 4.90 Å². The van der Waals surface area contributed by atoms with Crippen LogP contribution in [0.15, 0.2) is 24.3 Å². The number of carbonyl (C=O) groups is 1. The van der Waals surface area contributed by atoms with E-state index in [-0.39, 0.29) is 12.4 Å². The molecule has 84 valence electrons. The molecule has 0 unspecified atom stereocenters. The molecule has 0 aromatic heterocycles. The van der Waals surface area contributed by atoms with Crippen LogP contribution in [0.2, 0.25) is 0 Å². The zero-order valence-corrected chi connectivity index (χ0v) is 9.75. The summed E-state index contributed by atoms with van der Waals surface area (Å²) in [6.07, 6.45) is 1.08. The second-order valence-electron chi connectivity index (χ2n) is 3.27. The molecule has 0 amide bonds. The molecule has 0 spiro atoms. The second kappa shape index (κ2) is 6.30. The van der Waals surface area contributed by atoms with Gasteiger partial charge in [-0.3, -0.25) is 0 Å². The van der Waals surface area contributed by atoms with E-state index < -0.39 is 5.97 Å². The van der Waals surface area contributed by atoms with Crippen molar-refractivity contribution in [2.75, 3.05) is 18.5 Å². The molecule has 0 aliphatic carbocycles. The molecule has 0 saturated carbocycles. The average Bonchev–Trinajstić information content (AvgIpc) is 2.18. The van der Waals surface area contributed by atoms with Crippen molar-refractivity contribution in [3.8, 4) is 0 Å². The maximum absolute atomic E-state index is 10.6. The number of carboxylic acids is 1. The molecule has 0 heterocycles. The standard InChI is InChI=1S/C11H15NO2.ClH/c1-3-8-12(2)10-6-4-9(5-7-10)11(13)14;/h4-7H,3,8H2,1-2H3,(H,13,14);1H. The maximum atomic E-state index is 10.6. The molecule has 0 aliphatic rings. The Bertz CT molecular complexity index is 311. The van der Waals surface area contributed by atoms with Gasteiger partial charge in [-0.15, -0.1) is 12.4 Å². The Morgan fingerprint density at radius 1 is 1.33 bits per heavy atom. The first kappa shape index (κ1) is 13.8. The third-order valence-electron chi connectivity index (χ3n) is 2.11. The van der Waals surface area contributed by atoms with Crippen LogP contribution in [0, 0.1) is 0 Å². The van der Waals surface area contributed by atoms with E-state index in [2.05, 4.69) is 11.8 Å². The number of aromatic carboxylic acids is 1. The highest BCUT2D eigenvalue weighted by molar-refractivity contribution is 5.88. The zero-order valence-electron chi connectivity index (χ0n) is 8.93. The molecule has 15 heavy (non-hydrogen) atoms. The van der Waals surface area contributed by atoms with Crippen LogP contribution in [0.4, 0.5) is 5.69 Å². The quantitative estimate of drug-likeness (QED) is 0.863. The van der Waals surface area contributed by atoms with E-state index in [1.165, 1.54) is 0 Å². The molecule has 1 N–H and O–H groups in total. The first-order chi connectivity index (χ1) is 6.65. The normalized spacial score (nSPS) is 9.20. The van der Waals surface area contributed by atoms with Crippen molar-refractivity contribution >= 4 is 24.1 Å². The van der Waals surface area contributed by atoms with Crippen LogP contribution >= 0.6 is 12.4 Å². The highest BCUT2D eigenvalue weighted by Crippen LogP contribution is 2.13. The van der Waals surface area contributed by atoms with Crippen LogP contribution in [-0.2, 0) is 0 Å². The van der Waals surface area contributed by atoms with E-state index in [9.17, 15) is 4.79 Å². The van der Waals surface area contributed by atoms with Crippen molar-refractivity contribution in [2.24, 2.45) is 0 Å². The highest BCUT2D eigenvalue weighted by atomic mass is 35.5. The summed E-state index contributed by atoms with van der Waals surface area (Å²) in [7, 11) is 2.00. The minimum Gasteiger partial charge on any atom is -0.478 e. The molecule has 0 fully saturated rings. The van der Waals surface area contributed by atoms with Crippen molar-refractivity contribution in [3.63, 3.8) is 0 Å². The van der Waals surface area contributed by atoms with Gasteiger partial charge in [0.1, 0.15) is 0 Å². The van der Waals surface area contributed by atoms with Gasteiger partial charge in [0.25, 0.3) is 0 Å². The molecular weight excluding hydrogens is 214 g/mol. The fraction of sp³-hybridized carbons (Fsp3) is 0.364. The third kappa shape index (κ3) is 3.80. The van der Waals surface area contributed by atoms with Gasteiger partial charge < -0.3 is 10.0 Å². The fourth-order valence-corrected chi connectivity index (χ4v) is 1.32. The SMILES string of the molecule is CCCN(C)c1ccc(C(=O)O)cc1.Cl. The van der Waals surface area contributed by atoms with E-state index in [0.29, 0.717) is 5.56 Å². The van der Waals surface area contributed by atoms with E-state index in [1.807, 2.05) is 19.2 Å². The Kier molecular flexibility index (Phi) is 5.79. The molecule has 0 bridgehead atoms. The number of hydrogen-bond acceptors (Lipinski definition) is 2. The molecule has 0 radical (unpaired) electrons. The smallest absolute Gasteiger partial charge is 0.335 e. The lowest BCUT2D eigenvalue weighted by Gasteiger charge is -2.18. The van der Waals surface area contributed by atoms with Crippen LogP contribution in [0.5, 0.6) is 0 Å². The third-order valence-corrected chi connectivity index (χ3v) is 2.11. The number of halogens is 1. The van der Waals surface area contributed by atoms with Crippen molar-refractivity contribution in [2.45, 2.75) is 13.3 Å². The van der Waals surface area contributed by atoms with Gasteiger partial charge in [-0.25, -0.2) is 4.79 Å². The number of benzene rings is 1. The van der Waals surface area contributed by atoms with Gasteiger partial charge in [-0.1, -0.05) is 6.92 Å². The van der Waals surface area contributed by atoms with Gasteiger partial charge in [0.05, 0.1) is 5.56 Å². The minimum absolute atomic E-state index is 0. The summed E-state index contributed by atoms with van der Waals surface area (Å²) < 4.78 is 0. The first-order valence-electron chi connectivity index (χ1n) is 4.69. The van der Waals surface area contributed by atoms with Gasteiger partial charge >= 0.3 is 5.97 Å². The minimum atomic E-state index is -0.880. The Hall–Kier alpha value is -1.22. The Morgan fingerprint density at radius 2 is 1.87 bits per heavy atom. The zero-order chi connectivity index (χ0) is 10.6. The fourth-order valence-electron chi connectivity index (χ4n) is 1.32. The molecule has 1 aromatic rings. The van der Waals surface area contributed by atoms with Crippen molar-refractivity contribution < 1.29 is 9.90 Å². The summed E-state index contributed by atoms with van der Waals surface area (Å²) in [5.74, 6) is -0.880. The summed E-state index contributed by atoms with van der Waals surface area (Å²) in [5, 5.41) is 8.70. The molecule has 1 aromatic carbocycles. The molecular formula is C11H16ClNO2. The molecule has 0 saturated heterocycles. The van der Waals surface area contributed by atoms with Gasteiger partial charge in [0.15, 0.2) is 0 Å². The predicted molar refractivity (Wildman–Crippen MR) is 64.2 cm³/mol. The highest BCUT2D eigenvalue weighted by Gasteiger charge is 2.03. The van der Waals surface area contributed by atoms with Crippen LogP contribution in [-0.4, -0.2) is 24.7 Å². The number of carboxylic acid groups (broad SMARTS) is 1. The number of nitrogens with zero attached hydrogens (tertiary/aromatic N) is 1. The molecule has 4 heteroatoms. The Labute approximate surface area is 96.1 Å². The Balaban J connectivity index is 0.00000196. The van der Waals surface area contributed by atoms with Crippen molar-refractivity contribution in [1.29, 1.82) is 0 Å². The van der Waals surface area contributed by atoms with Gasteiger partial charge in [-0.2, -0.15) is 0 Å². The summed E-state index contributed by atoms with van der Waals surface area (Å²) in [6.45, 7) is 3.09. The summed E-state index contributed by atoms with van der Waals surface area (Å²) in [5.41, 5.74) is 1.38. The summed E-state index contributed by atoms with van der Waals surface area (Å²) in [6, 6.07) is 6.92. The lowest BCUT2D eigenvalue weighted by atomic mass is 10.2. The first-order valence-corrected chi connectivity index (χ1v) is 4.69. The van der Waals surface area contributed by atoms with Gasteiger partial charge in [0.2, 0.25) is 0 Å². The van der Waals surface area contributed by atoms with Crippen LogP contribution in [0.25, 0.3) is 0 Å². The van der Waals surface area contributed by atoms with E-state index in [4.69, 9.17) is 5.11 Å². The number of anilines is 1. The van der Waals surface area contributed by atoms with Crippen LogP contribution in [0.1, 0.15) is 23.7 Å². The Morgan fingerprint density at radius 3 is 2.27 bits per heavy atom. The van der Waals surface area contributed by atoms with E-state index in [0.717, 1.165) is 18.7 Å². The maximum Gasteiger partial charge on any atom is 0.335 e. The van der Waals surface area contributed by atoms with Crippen molar-refractivity contribution in [1.82, 2.24) is 0 Å². The monoisotopic (exact) mass is 229 g/mol. The summed E-state index contributed by atoms with van der Waals surface area (Å²) in [4.78, 5) is 12.7. The predicted octanol–water partition coefficient (Wildman–Crippen LogP) is 2.65. The van der Waals surface area contributed by atoms with Crippen LogP contribution in [0.3, 0.4) is 0 Å². The number of hydrogen-bond donors (Lipinski definition) is 1. The molecule has 3 nitrogen and oxygen atoms in total. The largest absolute Gasteiger partial charge is 0.478 e. The average molecular weight is 230 g/mol. The van der Waals surface area contributed by atoms with E-state index >= 15 is 0 Å². The second-order valence-corrected chi connectivity index (χ2v) is 3.27. The topological polar surface area (TPSA) is 40.5 Å². The molecule has 1 rings (SSSR count). The molecule has 0 aliphatic heterocycles. The van der Waals surface area contributed by atoms with Crippen molar-refractivity contribution in [3.05, 3.63) is 29.8 Å². The van der Waals surface area contributed by atoms with Gasteiger partial charge in [-0.05, 0) is 30.7 Å². The lowest BCUT2D eigenvalue weighted by Crippen LogP contribution is -2.17. The summed E-state index contributed by atoms with van der Waals surface area (Å²) >= 11 is 0. The molecule has 0 atom stereocenters. The van der Waals surface area contributed by atoms with E-state index in [1.54, 1.807) is 12.1 Å².